The molecule has 0 spiro atoms. The molecular weight excluding hydrogens is 292 g/mol. The van der Waals surface area contributed by atoms with Crippen LogP contribution in [0.3, 0.4) is 0 Å². The van der Waals surface area contributed by atoms with E-state index < -0.39 is 11.6 Å². The van der Waals surface area contributed by atoms with Crippen molar-refractivity contribution in [1.82, 2.24) is 15.1 Å². The van der Waals surface area contributed by atoms with Crippen LogP contribution in [0.25, 0.3) is 0 Å². The molecule has 1 saturated heterocycles. The van der Waals surface area contributed by atoms with Crippen LogP contribution < -0.4 is 0 Å². The fourth-order valence-electron chi connectivity index (χ4n) is 2.54. The standard InChI is InChI=1S/C15H15F2N3O2/c16-11-2-1-10(7-12(11)17)8-15(21)20-5-6-22-9-14(20)13-3-4-18-19-13/h1-4,7,14H,5-6,8-9H2,(H,18,19)/t14-/m0/s1. The summed E-state index contributed by atoms with van der Waals surface area (Å²) in [7, 11) is 0. The number of aromatic amines is 1. The van der Waals surface area contributed by atoms with Crippen LogP contribution in [0.2, 0.25) is 0 Å². The fourth-order valence-corrected chi connectivity index (χ4v) is 2.54. The van der Waals surface area contributed by atoms with Gasteiger partial charge in [-0.2, -0.15) is 5.10 Å². The number of benzene rings is 1. The summed E-state index contributed by atoms with van der Waals surface area (Å²) < 4.78 is 31.6. The molecule has 1 aliphatic rings. The summed E-state index contributed by atoms with van der Waals surface area (Å²) in [5.74, 6) is -2.02. The summed E-state index contributed by atoms with van der Waals surface area (Å²) >= 11 is 0. The van der Waals surface area contributed by atoms with E-state index in [2.05, 4.69) is 10.2 Å². The van der Waals surface area contributed by atoms with Gasteiger partial charge in [0.1, 0.15) is 0 Å². The van der Waals surface area contributed by atoms with Crippen LogP contribution in [0, 0.1) is 11.6 Å². The molecule has 0 bridgehead atoms. The molecule has 0 unspecified atom stereocenters. The highest BCUT2D eigenvalue weighted by molar-refractivity contribution is 5.79. The van der Waals surface area contributed by atoms with E-state index in [1.807, 2.05) is 0 Å². The average molecular weight is 307 g/mol. The number of carbonyl (C=O) groups excluding carboxylic acids is 1. The molecule has 22 heavy (non-hydrogen) atoms. The number of nitrogens with zero attached hydrogens (tertiary/aromatic N) is 2. The summed E-state index contributed by atoms with van der Waals surface area (Å²) in [6.07, 6.45) is 1.63. The Labute approximate surface area is 125 Å². The summed E-state index contributed by atoms with van der Waals surface area (Å²) in [5, 5.41) is 6.73. The minimum absolute atomic E-state index is 0.0157. The average Bonchev–Trinajstić information content (AvgIpc) is 3.05. The van der Waals surface area contributed by atoms with Crippen LogP contribution in [-0.4, -0.2) is 40.8 Å². The van der Waals surface area contributed by atoms with Crippen LogP contribution in [0.1, 0.15) is 17.3 Å². The van der Waals surface area contributed by atoms with E-state index in [1.165, 1.54) is 6.07 Å². The van der Waals surface area contributed by atoms with Crippen LogP contribution in [0.4, 0.5) is 8.78 Å². The first-order valence-electron chi connectivity index (χ1n) is 6.95. The number of morpholine rings is 1. The van der Waals surface area contributed by atoms with E-state index in [4.69, 9.17) is 4.74 Å². The third-order valence-electron chi connectivity index (χ3n) is 3.67. The maximum atomic E-state index is 13.2. The molecule has 1 atom stereocenters. The highest BCUT2D eigenvalue weighted by Crippen LogP contribution is 2.23. The molecule has 1 aromatic carbocycles. The van der Waals surface area contributed by atoms with Gasteiger partial charge in [-0.05, 0) is 23.8 Å². The van der Waals surface area contributed by atoms with Gasteiger partial charge in [0.2, 0.25) is 5.91 Å². The molecule has 1 N–H and O–H groups in total. The van der Waals surface area contributed by atoms with Gasteiger partial charge in [-0.25, -0.2) is 8.78 Å². The van der Waals surface area contributed by atoms with Gasteiger partial charge in [0.25, 0.3) is 0 Å². The number of hydrogen-bond acceptors (Lipinski definition) is 3. The second-order valence-corrected chi connectivity index (χ2v) is 5.12. The normalized spacial score (nSPS) is 18.5. The smallest absolute Gasteiger partial charge is 0.227 e. The Morgan fingerprint density at radius 1 is 1.36 bits per heavy atom. The monoisotopic (exact) mass is 307 g/mol. The van der Waals surface area contributed by atoms with Gasteiger partial charge >= 0.3 is 0 Å². The molecule has 2 heterocycles. The quantitative estimate of drug-likeness (QED) is 0.941. The van der Waals surface area contributed by atoms with E-state index in [0.717, 1.165) is 17.8 Å². The number of carbonyl (C=O) groups is 1. The van der Waals surface area contributed by atoms with Crippen molar-refractivity contribution in [2.24, 2.45) is 0 Å². The lowest BCUT2D eigenvalue weighted by Crippen LogP contribution is -2.44. The van der Waals surface area contributed by atoms with E-state index >= 15 is 0 Å². The summed E-state index contributed by atoms with van der Waals surface area (Å²) in [6.45, 7) is 1.28. The van der Waals surface area contributed by atoms with Crippen LogP contribution in [0.15, 0.2) is 30.5 Å². The zero-order valence-electron chi connectivity index (χ0n) is 11.8. The molecule has 7 heteroatoms. The van der Waals surface area contributed by atoms with Gasteiger partial charge in [-0.1, -0.05) is 6.07 Å². The molecule has 1 aliphatic heterocycles. The largest absolute Gasteiger partial charge is 0.377 e. The first-order valence-corrected chi connectivity index (χ1v) is 6.95. The fraction of sp³-hybridized carbons (Fsp3) is 0.333. The highest BCUT2D eigenvalue weighted by Gasteiger charge is 2.29. The molecule has 116 valence electrons. The predicted octanol–water partition coefficient (Wildman–Crippen LogP) is 1.83. The molecular formula is C15H15F2N3O2. The zero-order valence-corrected chi connectivity index (χ0v) is 11.8. The SMILES string of the molecule is O=C(Cc1ccc(F)c(F)c1)N1CCOC[C@H]1c1ccn[nH]1. The second kappa shape index (κ2) is 6.23. The molecule has 1 fully saturated rings. The molecule has 1 amide bonds. The Balaban J connectivity index is 1.75. The minimum Gasteiger partial charge on any atom is -0.377 e. The van der Waals surface area contributed by atoms with E-state index in [1.54, 1.807) is 17.2 Å². The van der Waals surface area contributed by atoms with E-state index in [-0.39, 0.29) is 18.4 Å². The molecule has 0 saturated carbocycles. The summed E-state index contributed by atoms with van der Waals surface area (Å²) in [4.78, 5) is 14.2. The lowest BCUT2D eigenvalue weighted by molar-refractivity contribution is -0.139. The summed E-state index contributed by atoms with van der Waals surface area (Å²) in [6, 6.07) is 5.05. The molecule has 5 nitrogen and oxygen atoms in total. The lowest BCUT2D eigenvalue weighted by atomic mass is 10.1. The van der Waals surface area contributed by atoms with Gasteiger partial charge in [-0.15, -0.1) is 0 Å². The molecule has 0 radical (unpaired) electrons. The van der Waals surface area contributed by atoms with Gasteiger partial charge < -0.3 is 9.64 Å². The number of aromatic nitrogens is 2. The van der Waals surface area contributed by atoms with Crippen LogP contribution in [0.5, 0.6) is 0 Å². The minimum atomic E-state index is -0.947. The summed E-state index contributed by atoms with van der Waals surface area (Å²) in [5.41, 5.74) is 1.23. The first kappa shape index (κ1) is 14.6. The van der Waals surface area contributed by atoms with Crippen molar-refractivity contribution >= 4 is 5.91 Å². The van der Waals surface area contributed by atoms with Crippen molar-refractivity contribution in [1.29, 1.82) is 0 Å². The Bertz CT molecular complexity index is 661. The second-order valence-electron chi connectivity index (χ2n) is 5.12. The van der Waals surface area contributed by atoms with E-state index in [0.29, 0.717) is 25.3 Å². The number of nitrogens with one attached hydrogen (secondary N) is 1. The molecule has 1 aromatic heterocycles. The van der Waals surface area contributed by atoms with Crippen molar-refractivity contribution in [2.75, 3.05) is 19.8 Å². The van der Waals surface area contributed by atoms with Crippen molar-refractivity contribution in [3.8, 4) is 0 Å². The Morgan fingerprint density at radius 3 is 2.95 bits per heavy atom. The lowest BCUT2D eigenvalue weighted by Gasteiger charge is -2.35. The maximum absolute atomic E-state index is 13.2. The third-order valence-corrected chi connectivity index (χ3v) is 3.67. The van der Waals surface area contributed by atoms with Crippen molar-refractivity contribution < 1.29 is 18.3 Å². The molecule has 2 aromatic rings. The van der Waals surface area contributed by atoms with Crippen molar-refractivity contribution in [3.05, 3.63) is 53.4 Å². The zero-order chi connectivity index (χ0) is 15.5. The van der Waals surface area contributed by atoms with Crippen molar-refractivity contribution in [2.45, 2.75) is 12.5 Å². The molecule has 3 rings (SSSR count). The van der Waals surface area contributed by atoms with E-state index in [9.17, 15) is 13.6 Å². The number of halogens is 2. The number of rotatable bonds is 3. The first-order chi connectivity index (χ1) is 10.6. The van der Waals surface area contributed by atoms with Crippen molar-refractivity contribution in [3.63, 3.8) is 0 Å². The Kier molecular flexibility index (Phi) is 4.15. The Hall–Kier alpha value is -2.28. The molecule has 0 aliphatic carbocycles. The Morgan fingerprint density at radius 2 is 2.23 bits per heavy atom. The number of amides is 1. The van der Waals surface area contributed by atoms with Crippen LogP contribution >= 0.6 is 0 Å². The topological polar surface area (TPSA) is 58.2 Å². The highest BCUT2D eigenvalue weighted by atomic mass is 19.2. The number of hydrogen-bond donors (Lipinski definition) is 1. The van der Waals surface area contributed by atoms with Gasteiger partial charge in [0, 0.05) is 12.7 Å². The number of H-pyrrole nitrogens is 1. The third kappa shape index (κ3) is 2.99. The van der Waals surface area contributed by atoms with Crippen LogP contribution in [-0.2, 0) is 16.0 Å². The van der Waals surface area contributed by atoms with Gasteiger partial charge in [0.05, 0.1) is 31.4 Å². The van der Waals surface area contributed by atoms with Gasteiger partial charge in [-0.3, -0.25) is 9.89 Å². The van der Waals surface area contributed by atoms with Gasteiger partial charge in [0.15, 0.2) is 11.6 Å². The number of ether oxygens (including phenoxy) is 1. The predicted molar refractivity (Wildman–Crippen MR) is 73.9 cm³/mol. The maximum Gasteiger partial charge on any atom is 0.227 e.